The summed E-state index contributed by atoms with van der Waals surface area (Å²) in [7, 11) is 0. The van der Waals surface area contributed by atoms with Gasteiger partial charge in [-0.05, 0) is 24.3 Å². The van der Waals surface area contributed by atoms with E-state index in [1.165, 1.54) is 0 Å². The van der Waals surface area contributed by atoms with Gasteiger partial charge in [-0.2, -0.15) is 10.5 Å². The Morgan fingerprint density at radius 1 is 0.579 bits per heavy atom. The summed E-state index contributed by atoms with van der Waals surface area (Å²) in [4.78, 5) is 8.26. The average Bonchev–Trinajstić information content (AvgIpc) is 3.49. The van der Waals surface area contributed by atoms with Gasteiger partial charge < -0.3 is 14.0 Å². The number of rotatable bonds is 2. The molecule has 0 amide bonds. The van der Waals surface area contributed by atoms with Crippen molar-refractivity contribution in [3.05, 3.63) is 120 Å². The molecule has 3 heterocycles. The maximum atomic E-state index is 10.7. The van der Waals surface area contributed by atoms with Gasteiger partial charge in [-0.25, -0.2) is 0 Å². The van der Waals surface area contributed by atoms with Crippen LogP contribution in [-0.4, -0.2) is 14.1 Å². The summed E-state index contributed by atoms with van der Waals surface area (Å²) in [5.74, 6) is 0.00845. The summed E-state index contributed by atoms with van der Waals surface area (Å²) >= 11 is 0. The highest BCUT2D eigenvalue weighted by Gasteiger charge is 2.28. The highest BCUT2D eigenvalue weighted by Crippen LogP contribution is 2.41. The summed E-state index contributed by atoms with van der Waals surface area (Å²) in [5, 5.41) is 24.9. The third-order valence-electron chi connectivity index (χ3n) is 7.06. The van der Waals surface area contributed by atoms with Crippen LogP contribution in [0.25, 0.3) is 59.8 Å². The van der Waals surface area contributed by atoms with Crippen molar-refractivity contribution in [3.63, 3.8) is 0 Å². The van der Waals surface area contributed by atoms with E-state index in [2.05, 4.69) is 22.0 Å². The topological polar surface area (TPSA) is 74.7 Å². The highest BCUT2D eigenvalue weighted by molar-refractivity contribution is 6.11. The van der Waals surface area contributed by atoms with E-state index in [9.17, 15) is 10.5 Å². The molecule has 0 radical (unpaired) electrons. The van der Waals surface area contributed by atoms with Crippen LogP contribution < -0.4 is 0 Å². The smallest absolute Gasteiger partial charge is 0.296 e. The standard InChI is InChI=1S/C32H16N6/c1-35-32-31(38-28-16-8-4-12-22(28)23-13-5-9-17-29(23)38)24(18-33)30(25(19-34)36-32)37-26-14-6-2-10-20(26)21-11-3-7-15-27(21)37/h2-17H. The molecule has 174 valence electrons. The molecule has 0 aliphatic rings. The van der Waals surface area contributed by atoms with E-state index >= 15 is 0 Å². The largest absolute Gasteiger partial charge is 0.359 e. The second-order valence-electron chi connectivity index (χ2n) is 8.93. The SMILES string of the molecule is [C-]#[N+]c1nc(C#N)c(-n2c3ccccc3c3ccccc32)c(C#N)c1-n1c2ccccc2c2ccccc21. The summed E-state index contributed by atoms with van der Waals surface area (Å²) in [6.07, 6.45) is 0. The van der Waals surface area contributed by atoms with Crippen LogP contribution in [0.5, 0.6) is 0 Å². The van der Waals surface area contributed by atoms with Gasteiger partial charge in [0, 0.05) is 21.5 Å². The minimum atomic E-state index is 0.00845. The summed E-state index contributed by atoms with van der Waals surface area (Å²) in [6.45, 7) is 7.98. The Morgan fingerprint density at radius 3 is 1.34 bits per heavy atom. The zero-order chi connectivity index (χ0) is 25.8. The molecule has 0 fully saturated rings. The van der Waals surface area contributed by atoms with Gasteiger partial charge in [0.05, 0.1) is 33.3 Å². The fourth-order valence-electron chi connectivity index (χ4n) is 5.57. The first-order chi connectivity index (χ1) is 18.8. The third kappa shape index (κ3) is 2.76. The number of benzene rings is 4. The van der Waals surface area contributed by atoms with Gasteiger partial charge >= 0.3 is 0 Å². The first kappa shape index (κ1) is 21.4. The Kier molecular flexibility index (Phi) is 4.54. The van der Waals surface area contributed by atoms with Gasteiger partial charge in [-0.3, -0.25) is 0 Å². The zero-order valence-corrected chi connectivity index (χ0v) is 19.9. The van der Waals surface area contributed by atoms with Crippen LogP contribution in [0.1, 0.15) is 11.3 Å². The van der Waals surface area contributed by atoms with E-state index < -0.39 is 0 Å². The molecule has 0 N–H and O–H groups in total. The van der Waals surface area contributed by atoms with Gasteiger partial charge in [0.1, 0.15) is 17.8 Å². The lowest BCUT2D eigenvalue weighted by molar-refractivity contribution is 1.07. The molecule has 0 unspecified atom stereocenters. The molecular formula is C32H16N6. The second-order valence-corrected chi connectivity index (χ2v) is 8.93. The van der Waals surface area contributed by atoms with Gasteiger partial charge in [-0.1, -0.05) is 79.4 Å². The summed E-state index contributed by atoms with van der Waals surface area (Å²) in [5.41, 5.74) is 4.42. The van der Waals surface area contributed by atoms with Crippen molar-refractivity contribution >= 4 is 49.4 Å². The lowest BCUT2D eigenvalue weighted by Crippen LogP contribution is -2.09. The number of hydrogen-bond donors (Lipinski definition) is 0. The molecule has 0 saturated carbocycles. The first-order valence-corrected chi connectivity index (χ1v) is 12.0. The van der Waals surface area contributed by atoms with E-state index in [0.29, 0.717) is 11.4 Å². The van der Waals surface area contributed by atoms with E-state index in [-0.39, 0.29) is 17.1 Å². The summed E-state index contributed by atoms with van der Waals surface area (Å²) in [6, 6.07) is 36.2. The molecule has 3 aromatic heterocycles. The molecule has 4 aromatic carbocycles. The lowest BCUT2D eigenvalue weighted by atomic mass is 10.1. The van der Waals surface area contributed by atoms with E-state index in [1.54, 1.807) is 0 Å². The van der Waals surface area contributed by atoms with Crippen molar-refractivity contribution in [2.24, 2.45) is 0 Å². The number of nitrogens with zero attached hydrogens (tertiary/aromatic N) is 6. The highest BCUT2D eigenvalue weighted by atomic mass is 15.1. The number of nitriles is 2. The van der Waals surface area contributed by atoms with Gasteiger partial charge in [0.15, 0.2) is 0 Å². The Bertz CT molecular complexity index is 1970. The third-order valence-corrected chi connectivity index (χ3v) is 7.06. The Balaban J connectivity index is 1.73. The maximum absolute atomic E-state index is 10.7. The van der Waals surface area contributed by atoms with Crippen LogP contribution in [0.4, 0.5) is 5.82 Å². The van der Waals surface area contributed by atoms with Crippen LogP contribution >= 0.6 is 0 Å². The van der Waals surface area contributed by atoms with E-state index in [4.69, 9.17) is 6.57 Å². The van der Waals surface area contributed by atoms with Crippen molar-refractivity contribution in [2.45, 2.75) is 0 Å². The number of para-hydroxylation sites is 4. The maximum Gasteiger partial charge on any atom is 0.296 e. The Labute approximate surface area is 217 Å². The molecule has 0 atom stereocenters. The molecule has 0 aliphatic carbocycles. The van der Waals surface area contributed by atoms with Gasteiger partial charge in [-0.15, -0.1) is 4.98 Å². The Hall–Kier alpha value is -5.90. The van der Waals surface area contributed by atoms with Crippen molar-refractivity contribution < 1.29 is 0 Å². The fourth-order valence-corrected chi connectivity index (χ4v) is 5.57. The van der Waals surface area contributed by atoms with Crippen LogP contribution in [-0.2, 0) is 0 Å². The number of fused-ring (bicyclic) bond motifs is 6. The fraction of sp³-hybridized carbons (Fsp3) is 0. The number of pyridine rings is 1. The lowest BCUT2D eigenvalue weighted by Gasteiger charge is -2.16. The molecule has 7 aromatic rings. The molecule has 6 heteroatoms. The molecule has 0 bridgehead atoms. The molecule has 7 rings (SSSR count). The normalized spacial score (nSPS) is 11.1. The van der Waals surface area contributed by atoms with Gasteiger partial charge in [0.25, 0.3) is 11.5 Å². The predicted octanol–water partition coefficient (Wildman–Crippen LogP) is 7.57. The monoisotopic (exact) mass is 484 g/mol. The van der Waals surface area contributed by atoms with Crippen molar-refractivity contribution in [3.8, 4) is 23.5 Å². The Morgan fingerprint density at radius 2 is 0.974 bits per heavy atom. The van der Waals surface area contributed by atoms with Crippen LogP contribution in [0.15, 0.2) is 97.1 Å². The van der Waals surface area contributed by atoms with Crippen LogP contribution in [0.3, 0.4) is 0 Å². The molecular weight excluding hydrogens is 468 g/mol. The minimum absolute atomic E-state index is 0.00845. The van der Waals surface area contributed by atoms with Crippen molar-refractivity contribution in [2.75, 3.05) is 0 Å². The molecule has 38 heavy (non-hydrogen) atoms. The molecule has 6 nitrogen and oxygen atoms in total. The molecule has 0 saturated heterocycles. The molecule has 0 spiro atoms. The van der Waals surface area contributed by atoms with Crippen molar-refractivity contribution in [1.29, 1.82) is 10.5 Å². The minimum Gasteiger partial charge on any atom is -0.359 e. The predicted molar refractivity (Wildman–Crippen MR) is 149 cm³/mol. The van der Waals surface area contributed by atoms with E-state index in [1.807, 2.05) is 106 Å². The van der Waals surface area contributed by atoms with E-state index in [0.717, 1.165) is 43.6 Å². The quantitative estimate of drug-likeness (QED) is 0.238. The molecule has 0 aliphatic heterocycles. The van der Waals surface area contributed by atoms with Crippen LogP contribution in [0.2, 0.25) is 0 Å². The van der Waals surface area contributed by atoms with Gasteiger partial charge in [0.2, 0.25) is 0 Å². The number of aromatic nitrogens is 3. The number of hydrogen-bond acceptors (Lipinski definition) is 3. The van der Waals surface area contributed by atoms with Crippen LogP contribution in [0, 0.1) is 29.2 Å². The summed E-state index contributed by atoms with van der Waals surface area (Å²) < 4.78 is 3.86. The first-order valence-electron chi connectivity index (χ1n) is 12.0. The van der Waals surface area contributed by atoms with Crippen molar-refractivity contribution in [1.82, 2.24) is 14.1 Å². The average molecular weight is 485 g/mol. The zero-order valence-electron chi connectivity index (χ0n) is 19.9. The second kappa shape index (κ2) is 8.07.